The van der Waals surface area contributed by atoms with Gasteiger partial charge in [0.2, 0.25) is 0 Å². The van der Waals surface area contributed by atoms with Crippen LogP contribution in [0.2, 0.25) is 0 Å². The van der Waals surface area contributed by atoms with Crippen LogP contribution in [-0.4, -0.2) is 46.5 Å². The normalized spacial score (nSPS) is 15.8. The quantitative estimate of drug-likeness (QED) is 0.779. The second kappa shape index (κ2) is 7.42. The molecule has 7 nitrogen and oxygen atoms in total. The lowest BCUT2D eigenvalue weighted by Gasteiger charge is -2.26. The van der Waals surface area contributed by atoms with Crippen LogP contribution in [0.15, 0.2) is 24.3 Å². The van der Waals surface area contributed by atoms with Gasteiger partial charge in [-0.2, -0.15) is 5.10 Å². The minimum atomic E-state index is -3.54. The summed E-state index contributed by atoms with van der Waals surface area (Å²) >= 11 is 0. The molecule has 27 heavy (non-hydrogen) atoms. The van der Waals surface area contributed by atoms with Gasteiger partial charge in [-0.15, -0.1) is 0 Å². The monoisotopic (exact) mass is 391 g/mol. The number of hydrogen-bond donors (Lipinski definition) is 1. The maximum absolute atomic E-state index is 12.9. The van der Waals surface area contributed by atoms with Gasteiger partial charge in [-0.3, -0.25) is 9.89 Å². The molecule has 0 bridgehead atoms. The average molecular weight is 391 g/mol. The zero-order chi connectivity index (χ0) is 19.7. The number of Topliss-reactive ketones (excluding diaryl/α,β-unsaturated/α-hetero) is 1. The highest BCUT2D eigenvalue weighted by Gasteiger charge is 2.46. The largest absolute Gasteiger partial charge is 0.497 e. The second-order valence-corrected chi connectivity index (χ2v) is 10.2. The van der Waals surface area contributed by atoms with E-state index in [-0.39, 0.29) is 12.2 Å². The van der Waals surface area contributed by atoms with Crippen molar-refractivity contribution in [2.24, 2.45) is 0 Å². The summed E-state index contributed by atoms with van der Waals surface area (Å²) in [6, 6.07) is 7.24. The Labute approximate surface area is 159 Å². The highest BCUT2D eigenvalue weighted by atomic mass is 32.2. The van der Waals surface area contributed by atoms with Gasteiger partial charge < -0.3 is 4.74 Å². The summed E-state index contributed by atoms with van der Waals surface area (Å²) in [5, 5.41) is 6.47. The van der Waals surface area contributed by atoms with Crippen LogP contribution in [-0.2, 0) is 21.1 Å². The Bertz CT molecular complexity index is 911. The smallest absolute Gasteiger partial charge is 0.181 e. The number of aromatic nitrogens is 3. The van der Waals surface area contributed by atoms with Crippen molar-refractivity contribution >= 4 is 15.6 Å². The number of aromatic amines is 1. The topological polar surface area (TPSA) is 102 Å². The first kappa shape index (κ1) is 19.5. The maximum atomic E-state index is 12.9. The van der Waals surface area contributed by atoms with Crippen molar-refractivity contribution in [1.82, 2.24) is 15.2 Å². The molecule has 8 heteroatoms. The van der Waals surface area contributed by atoms with E-state index >= 15 is 0 Å². The number of sulfone groups is 1. The average Bonchev–Trinajstić information content (AvgIpc) is 3.34. The Morgan fingerprint density at radius 3 is 2.44 bits per heavy atom. The fourth-order valence-corrected chi connectivity index (χ4v) is 5.56. The van der Waals surface area contributed by atoms with Crippen molar-refractivity contribution in [3.05, 3.63) is 30.1 Å². The number of ketones is 1. The van der Waals surface area contributed by atoms with Gasteiger partial charge in [0.25, 0.3) is 0 Å². The predicted molar refractivity (Wildman–Crippen MR) is 102 cm³/mol. The van der Waals surface area contributed by atoms with E-state index in [9.17, 15) is 13.2 Å². The first-order chi connectivity index (χ1) is 12.8. The van der Waals surface area contributed by atoms with Crippen LogP contribution in [0.3, 0.4) is 0 Å². The molecule has 1 saturated carbocycles. The maximum Gasteiger partial charge on any atom is 0.181 e. The minimum Gasteiger partial charge on any atom is -0.497 e. The highest BCUT2D eigenvalue weighted by molar-refractivity contribution is 7.94. The highest BCUT2D eigenvalue weighted by Crippen LogP contribution is 2.33. The molecule has 3 rings (SSSR count). The lowest BCUT2D eigenvalue weighted by atomic mass is 10.1. The Morgan fingerprint density at radius 1 is 1.22 bits per heavy atom. The molecule has 0 spiro atoms. The van der Waals surface area contributed by atoms with E-state index in [1.165, 1.54) is 13.8 Å². The number of nitrogens with one attached hydrogen (secondary N) is 1. The van der Waals surface area contributed by atoms with E-state index in [0.717, 1.165) is 24.2 Å². The van der Waals surface area contributed by atoms with Crippen LogP contribution in [0.25, 0.3) is 11.4 Å². The second-order valence-electron chi connectivity index (χ2n) is 7.40. The van der Waals surface area contributed by atoms with Crippen LogP contribution in [0.1, 0.15) is 45.4 Å². The van der Waals surface area contributed by atoms with Gasteiger partial charge in [0.1, 0.15) is 16.3 Å². The number of ether oxygens (including phenoxy) is 1. The number of carbonyl (C=O) groups is 1. The summed E-state index contributed by atoms with van der Waals surface area (Å²) in [7, 11) is -1.95. The van der Waals surface area contributed by atoms with Crippen LogP contribution >= 0.6 is 0 Å². The van der Waals surface area contributed by atoms with Crippen molar-refractivity contribution < 1.29 is 17.9 Å². The molecular formula is C19H25N3O4S. The van der Waals surface area contributed by atoms with Gasteiger partial charge in [0, 0.05) is 5.56 Å². The molecule has 1 fully saturated rings. The van der Waals surface area contributed by atoms with E-state index in [1.807, 2.05) is 12.1 Å². The van der Waals surface area contributed by atoms with Crippen molar-refractivity contribution in [2.75, 3.05) is 7.11 Å². The van der Waals surface area contributed by atoms with Crippen molar-refractivity contribution in [2.45, 2.75) is 55.9 Å². The van der Waals surface area contributed by atoms with Gasteiger partial charge in [0.05, 0.1) is 18.8 Å². The van der Waals surface area contributed by atoms with Crippen molar-refractivity contribution in [1.29, 1.82) is 0 Å². The molecule has 0 aliphatic heterocycles. The molecule has 1 aliphatic carbocycles. The molecule has 0 atom stereocenters. The molecule has 1 heterocycles. The summed E-state index contributed by atoms with van der Waals surface area (Å²) in [4.78, 5) is 17.1. The molecule has 1 N–H and O–H groups in total. The Hall–Kier alpha value is -2.22. The molecule has 1 aromatic heterocycles. The van der Waals surface area contributed by atoms with Crippen LogP contribution in [0, 0.1) is 0 Å². The predicted octanol–water partition coefficient (Wildman–Crippen LogP) is 2.73. The number of carbonyl (C=O) groups excluding carboxylic acids is 1. The van der Waals surface area contributed by atoms with Crippen LogP contribution in [0.5, 0.6) is 5.75 Å². The Morgan fingerprint density at radius 2 is 1.85 bits per heavy atom. The van der Waals surface area contributed by atoms with Gasteiger partial charge >= 0.3 is 0 Å². The summed E-state index contributed by atoms with van der Waals surface area (Å²) in [5.74, 6) is 1.17. The van der Waals surface area contributed by atoms with E-state index in [0.29, 0.717) is 24.5 Å². The summed E-state index contributed by atoms with van der Waals surface area (Å²) in [5.41, 5.74) is 0.781. The number of nitrogens with zero attached hydrogens (tertiary/aromatic N) is 2. The first-order valence-corrected chi connectivity index (χ1v) is 10.6. The molecule has 1 aromatic carbocycles. The van der Waals surface area contributed by atoms with E-state index < -0.39 is 19.8 Å². The molecule has 0 saturated heterocycles. The number of rotatable bonds is 7. The van der Waals surface area contributed by atoms with Crippen molar-refractivity contribution in [3.63, 3.8) is 0 Å². The lowest BCUT2D eigenvalue weighted by Crippen LogP contribution is -2.46. The van der Waals surface area contributed by atoms with Crippen molar-refractivity contribution in [3.8, 4) is 17.1 Å². The van der Waals surface area contributed by atoms with E-state index in [2.05, 4.69) is 15.2 Å². The number of H-pyrrole nitrogens is 1. The Balaban J connectivity index is 1.74. The minimum absolute atomic E-state index is 0.0951. The van der Waals surface area contributed by atoms with Crippen LogP contribution < -0.4 is 4.74 Å². The third-order valence-corrected chi connectivity index (χ3v) is 8.33. The van der Waals surface area contributed by atoms with Gasteiger partial charge in [-0.25, -0.2) is 13.4 Å². The standard InChI is InChI=1S/C19H25N3O4S/c1-19(2,27(24,25)15-6-4-5-7-15)16(23)12-17-20-18(22-21-17)13-8-10-14(26-3)11-9-13/h8-11,15H,4-7,12H2,1-3H3,(H,20,21,22). The fourth-order valence-electron chi connectivity index (χ4n) is 3.38. The molecular weight excluding hydrogens is 366 g/mol. The van der Waals surface area contributed by atoms with Crippen LogP contribution in [0.4, 0.5) is 0 Å². The molecule has 0 unspecified atom stereocenters. The molecule has 1 aliphatic rings. The lowest BCUT2D eigenvalue weighted by molar-refractivity contribution is -0.120. The zero-order valence-corrected chi connectivity index (χ0v) is 16.7. The number of hydrogen-bond acceptors (Lipinski definition) is 6. The van der Waals surface area contributed by atoms with Gasteiger partial charge in [0.15, 0.2) is 21.4 Å². The van der Waals surface area contributed by atoms with Gasteiger partial charge in [-0.05, 0) is 51.0 Å². The third-order valence-electron chi connectivity index (χ3n) is 5.33. The summed E-state index contributed by atoms with van der Waals surface area (Å²) < 4.78 is 29.5. The van der Waals surface area contributed by atoms with E-state index in [4.69, 9.17) is 4.74 Å². The van der Waals surface area contributed by atoms with E-state index in [1.54, 1.807) is 19.2 Å². The first-order valence-electron chi connectivity index (χ1n) is 9.08. The molecule has 0 amide bonds. The molecule has 146 valence electrons. The molecule has 0 radical (unpaired) electrons. The summed E-state index contributed by atoms with van der Waals surface area (Å²) in [6.07, 6.45) is 3.00. The SMILES string of the molecule is COc1ccc(-c2n[nH]c(CC(=O)C(C)(C)S(=O)(=O)C3CCCC3)n2)cc1. The van der Waals surface area contributed by atoms with Gasteiger partial charge in [-0.1, -0.05) is 12.8 Å². The zero-order valence-electron chi connectivity index (χ0n) is 15.9. The summed E-state index contributed by atoms with van der Waals surface area (Å²) in [6.45, 7) is 3.01. The molecule has 2 aromatic rings. The number of methoxy groups -OCH3 is 1. The fraction of sp³-hybridized carbons (Fsp3) is 0.526. The third kappa shape index (κ3) is 3.76. The number of benzene rings is 1. The Kier molecular flexibility index (Phi) is 5.37.